The molecule has 1 aromatic heterocycles. The summed E-state index contributed by atoms with van der Waals surface area (Å²) in [6.45, 7) is 9.05. The lowest BCUT2D eigenvalue weighted by Crippen LogP contribution is -2.42. The van der Waals surface area contributed by atoms with Gasteiger partial charge in [-0.2, -0.15) is 0 Å². The third-order valence-electron chi connectivity index (χ3n) is 4.37. The van der Waals surface area contributed by atoms with E-state index in [1.807, 2.05) is 12.3 Å². The Morgan fingerprint density at radius 2 is 2.10 bits per heavy atom. The number of rotatable bonds is 2. The summed E-state index contributed by atoms with van der Waals surface area (Å²) in [6.07, 6.45) is 3.11. The second-order valence-corrected chi connectivity index (χ2v) is 6.43. The van der Waals surface area contributed by atoms with Crippen LogP contribution in [0.15, 0.2) is 36.5 Å². The molecule has 0 bridgehead atoms. The van der Waals surface area contributed by atoms with Gasteiger partial charge in [-0.05, 0) is 44.0 Å². The van der Waals surface area contributed by atoms with E-state index in [1.54, 1.807) is 0 Å². The molecule has 1 saturated heterocycles. The fourth-order valence-corrected chi connectivity index (χ4v) is 3.16. The molecule has 2 aromatic rings. The number of nitrogens with one attached hydrogen (secondary N) is 1. The molecular formula is C18H25N3. The molecule has 21 heavy (non-hydrogen) atoms. The largest absolute Gasteiger partial charge is 0.314 e. The molecule has 3 rings (SSSR count). The Morgan fingerprint density at radius 3 is 3.00 bits per heavy atom. The average molecular weight is 283 g/mol. The van der Waals surface area contributed by atoms with Gasteiger partial charge in [0.15, 0.2) is 0 Å². The molecule has 0 aliphatic carbocycles. The van der Waals surface area contributed by atoms with E-state index < -0.39 is 0 Å². The summed E-state index contributed by atoms with van der Waals surface area (Å²) in [5.41, 5.74) is 2.50. The number of hydrogen-bond acceptors (Lipinski definition) is 3. The van der Waals surface area contributed by atoms with E-state index in [9.17, 15) is 0 Å². The van der Waals surface area contributed by atoms with Crippen LogP contribution in [-0.2, 0) is 6.54 Å². The number of pyridine rings is 1. The molecule has 3 heteroatoms. The number of para-hydroxylation sites is 1. The van der Waals surface area contributed by atoms with Crippen molar-refractivity contribution in [1.29, 1.82) is 0 Å². The van der Waals surface area contributed by atoms with Gasteiger partial charge in [0.1, 0.15) is 0 Å². The quantitative estimate of drug-likeness (QED) is 0.918. The van der Waals surface area contributed by atoms with Crippen molar-refractivity contribution in [3.63, 3.8) is 0 Å². The molecule has 0 spiro atoms. The minimum absolute atomic E-state index is 0.612. The lowest BCUT2D eigenvalue weighted by Gasteiger charge is -2.31. The SMILES string of the molecule is CC1CNC(C)CCN(Cc2cccc3cccnc23)C1. The van der Waals surface area contributed by atoms with Gasteiger partial charge < -0.3 is 5.32 Å². The predicted molar refractivity (Wildman–Crippen MR) is 88.3 cm³/mol. The number of hydrogen-bond donors (Lipinski definition) is 1. The van der Waals surface area contributed by atoms with Crippen LogP contribution in [0.25, 0.3) is 10.9 Å². The number of benzene rings is 1. The van der Waals surface area contributed by atoms with Gasteiger partial charge in [0.05, 0.1) is 5.52 Å². The van der Waals surface area contributed by atoms with Crippen molar-refractivity contribution < 1.29 is 0 Å². The highest BCUT2D eigenvalue weighted by Gasteiger charge is 2.17. The van der Waals surface area contributed by atoms with Gasteiger partial charge in [-0.15, -0.1) is 0 Å². The normalized spacial score (nSPS) is 24.7. The Morgan fingerprint density at radius 1 is 1.24 bits per heavy atom. The van der Waals surface area contributed by atoms with E-state index in [0.29, 0.717) is 12.0 Å². The summed E-state index contributed by atoms with van der Waals surface area (Å²) in [7, 11) is 0. The van der Waals surface area contributed by atoms with Gasteiger partial charge in [0, 0.05) is 30.7 Å². The molecule has 0 saturated carbocycles. The van der Waals surface area contributed by atoms with E-state index in [2.05, 4.69) is 53.3 Å². The first-order valence-electron chi connectivity index (χ1n) is 8.01. The molecule has 1 aliphatic rings. The minimum atomic E-state index is 0.612. The minimum Gasteiger partial charge on any atom is -0.314 e. The fraction of sp³-hybridized carbons (Fsp3) is 0.500. The molecule has 1 aliphatic heterocycles. The average Bonchev–Trinajstić information content (AvgIpc) is 2.49. The first-order valence-corrected chi connectivity index (χ1v) is 8.01. The van der Waals surface area contributed by atoms with Crippen LogP contribution in [0, 0.1) is 5.92 Å². The summed E-state index contributed by atoms with van der Waals surface area (Å²) >= 11 is 0. The molecular weight excluding hydrogens is 258 g/mol. The summed E-state index contributed by atoms with van der Waals surface area (Å²) in [5.74, 6) is 0.690. The zero-order chi connectivity index (χ0) is 14.7. The molecule has 112 valence electrons. The number of aromatic nitrogens is 1. The Labute approximate surface area is 127 Å². The van der Waals surface area contributed by atoms with Crippen LogP contribution in [0.5, 0.6) is 0 Å². The molecule has 1 N–H and O–H groups in total. The third-order valence-corrected chi connectivity index (χ3v) is 4.37. The summed E-state index contributed by atoms with van der Waals surface area (Å²) in [6, 6.07) is 11.3. The summed E-state index contributed by atoms with van der Waals surface area (Å²) in [5, 5.41) is 4.85. The van der Waals surface area contributed by atoms with Crippen LogP contribution in [-0.4, -0.2) is 35.6 Å². The first kappa shape index (κ1) is 14.5. The van der Waals surface area contributed by atoms with E-state index in [-0.39, 0.29) is 0 Å². The standard InChI is InChI=1S/C18H25N3/c1-14-11-20-15(2)8-10-21(12-14)13-17-6-3-5-16-7-4-9-19-18(16)17/h3-7,9,14-15,20H,8,10-13H2,1-2H3. The van der Waals surface area contributed by atoms with Crippen molar-refractivity contribution >= 4 is 10.9 Å². The van der Waals surface area contributed by atoms with E-state index in [1.165, 1.54) is 17.4 Å². The topological polar surface area (TPSA) is 28.2 Å². The highest BCUT2D eigenvalue weighted by molar-refractivity contribution is 5.81. The van der Waals surface area contributed by atoms with Crippen LogP contribution in [0.3, 0.4) is 0 Å². The van der Waals surface area contributed by atoms with Crippen molar-refractivity contribution in [2.45, 2.75) is 32.9 Å². The Hall–Kier alpha value is -1.45. The Bertz CT molecular complexity index is 591. The Kier molecular flexibility index (Phi) is 4.51. The second-order valence-electron chi connectivity index (χ2n) is 6.43. The van der Waals surface area contributed by atoms with Gasteiger partial charge in [-0.25, -0.2) is 0 Å². The van der Waals surface area contributed by atoms with Gasteiger partial charge in [0.25, 0.3) is 0 Å². The van der Waals surface area contributed by atoms with Gasteiger partial charge in [-0.3, -0.25) is 9.88 Å². The maximum Gasteiger partial charge on any atom is 0.0746 e. The van der Waals surface area contributed by atoms with Gasteiger partial charge in [-0.1, -0.05) is 31.2 Å². The monoisotopic (exact) mass is 283 g/mol. The second kappa shape index (κ2) is 6.54. The Balaban J connectivity index is 1.80. The van der Waals surface area contributed by atoms with Gasteiger partial charge in [0.2, 0.25) is 0 Å². The van der Waals surface area contributed by atoms with Crippen LogP contribution in [0.4, 0.5) is 0 Å². The summed E-state index contributed by atoms with van der Waals surface area (Å²) < 4.78 is 0. The molecule has 0 radical (unpaired) electrons. The maximum absolute atomic E-state index is 4.58. The van der Waals surface area contributed by atoms with E-state index in [0.717, 1.165) is 31.7 Å². The molecule has 3 nitrogen and oxygen atoms in total. The smallest absolute Gasteiger partial charge is 0.0746 e. The zero-order valence-electron chi connectivity index (χ0n) is 13.0. The molecule has 2 atom stereocenters. The lowest BCUT2D eigenvalue weighted by molar-refractivity contribution is 0.195. The van der Waals surface area contributed by atoms with Crippen LogP contribution in [0.1, 0.15) is 25.8 Å². The van der Waals surface area contributed by atoms with Crippen molar-refractivity contribution in [2.24, 2.45) is 5.92 Å². The van der Waals surface area contributed by atoms with Gasteiger partial charge >= 0.3 is 0 Å². The third kappa shape index (κ3) is 3.60. The highest BCUT2D eigenvalue weighted by atomic mass is 15.1. The molecule has 0 amide bonds. The van der Waals surface area contributed by atoms with Crippen LogP contribution < -0.4 is 5.32 Å². The highest BCUT2D eigenvalue weighted by Crippen LogP contribution is 2.19. The predicted octanol–water partition coefficient (Wildman–Crippen LogP) is 3.05. The van der Waals surface area contributed by atoms with E-state index in [4.69, 9.17) is 0 Å². The first-order chi connectivity index (χ1) is 10.2. The van der Waals surface area contributed by atoms with Crippen molar-refractivity contribution in [3.05, 3.63) is 42.1 Å². The lowest BCUT2D eigenvalue weighted by atomic mass is 10.0. The molecule has 2 unspecified atom stereocenters. The van der Waals surface area contributed by atoms with Crippen molar-refractivity contribution in [3.8, 4) is 0 Å². The van der Waals surface area contributed by atoms with Crippen LogP contribution >= 0.6 is 0 Å². The summed E-state index contributed by atoms with van der Waals surface area (Å²) in [4.78, 5) is 7.17. The molecule has 1 aromatic carbocycles. The number of fused-ring (bicyclic) bond motifs is 1. The zero-order valence-corrected chi connectivity index (χ0v) is 13.0. The maximum atomic E-state index is 4.58. The van der Waals surface area contributed by atoms with Crippen molar-refractivity contribution in [2.75, 3.05) is 19.6 Å². The molecule has 1 fully saturated rings. The fourth-order valence-electron chi connectivity index (χ4n) is 3.16. The van der Waals surface area contributed by atoms with Crippen LogP contribution in [0.2, 0.25) is 0 Å². The number of nitrogens with zero attached hydrogens (tertiary/aromatic N) is 2. The van der Waals surface area contributed by atoms with E-state index >= 15 is 0 Å². The van der Waals surface area contributed by atoms with Crippen molar-refractivity contribution in [1.82, 2.24) is 15.2 Å². The molecule has 2 heterocycles.